The highest BCUT2D eigenvalue weighted by Gasteiger charge is 2.51. The van der Waals surface area contributed by atoms with Crippen LogP contribution in [-0.2, 0) is 20.7 Å². The number of halogens is 1. The molecule has 5 amide bonds. The van der Waals surface area contributed by atoms with Crippen molar-refractivity contribution in [1.82, 2.24) is 40.3 Å². The second-order valence-electron chi connectivity index (χ2n) is 20.1. The summed E-state index contributed by atoms with van der Waals surface area (Å²) in [5.41, 5.74) is 2.35. The topological polar surface area (TPSA) is 203 Å². The number of phenolic OH excluding ortho intramolecular Hbond substituents is 1. The number of hydrogen-bond donors (Lipinski definition) is 3. The number of aromatic nitrogens is 3. The highest BCUT2D eigenvalue weighted by Crippen LogP contribution is 2.44. The molecule has 19 heteroatoms. The number of pyridine rings is 1. The van der Waals surface area contributed by atoms with Gasteiger partial charge in [-0.25, -0.2) is 9.18 Å². The van der Waals surface area contributed by atoms with Crippen LogP contribution in [-0.4, -0.2) is 153 Å². The number of anilines is 2. The fourth-order valence-corrected chi connectivity index (χ4v) is 12.6. The Morgan fingerprint density at radius 3 is 2.49 bits per heavy atom. The summed E-state index contributed by atoms with van der Waals surface area (Å²) in [6, 6.07) is 13.7. The smallest absolute Gasteiger partial charge is 0.409 e. The predicted octanol–water partition coefficient (Wildman–Crippen LogP) is 4.93. The number of aryl methyl sites for hydroxylation is 1. The molecule has 7 aliphatic rings. The summed E-state index contributed by atoms with van der Waals surface area (Å²) in [7, 11) is 0. The largest absolute Gasteiger partial charge is 0.508 e. The monoisotopic (exact) mass is 966 g/mol. The molecule has 5 atom stereocenters. The van der Waals surface area contributed by atoms with Crippen LogP contribution in [0.15, 0.2) is 54.7 Å². The van der Waals surface area contributed by atoms with Crippen molar-refractivity contribution in [3.05, 3.63) is 77.2 Å². The Balaban J connectivity index is 0.732. The molecule has 3 aromatic carbocycles. The number of carbonyl (C=O) groups is 5. The molecule has 5 aromatic rings. The molecule has 2 aromatic heterocycles. The first-order valence-corrected chi connectivity index (χ1v) is 25.0. The molecule has 6 saturated heterocycles. The van der Waals surface area contributed by atoms with Crippen molar-refractivity contribution in [2.45, 2.75) is 94.4 Å². The van der Waals surface area contributed by atoms with Crippen molar-refractivity contribution in [2.24, 2.45) is 0 Å². The number of imide groups is 2. The van der Waals surface area contributed by atoms with Crippen molar-refractivity contribution >= 4 is 62.9 Å². The third kappa shape index (κ3) is 7.75. The molecule has 0 saturated carbocycles. The molecular formula is C52H55FN10O8. The zero-order valence-corrected chi connectivity index (χ0v) is 39.5. The van der Waals surface area contributed by atoms with E-state index in [0.717, 1.165) is 66.3 Å². The van der Waals surface area contributed by atoms with E-state index in [9.17, 15) is 29.1 Å². The third-order valence-corrected chi connectivity index (χ3v) is 16.1. The van der Waals surface area contributed by atoms with Crippen molar-refractivity contribution in [2.75, 3.05) is 68.8 Å². The van der Waals surface area contributed by atoms with Gasteiger partial charge in [0, 0.05) is 75.6 Å². The number of rotatable bonds is 10. The fourth-order valence-electron chi connectivity index (χ4n) is 12.6. The Hall–Kier alpha value is -6.99. The van der Waals surface area contributed by atoms with E-state index in [-0.39, 0.29) is 71.7 Å². The highest BCUT2D eigenvalue weighted by molar-refractivity contribution is 6.25. The Labute approximate surface area is 408 Å². The van der Waals surface area contributed by atoms with Gasteiger partial charge in [0.05, 0.1) is 27.7 Å². The molecule has 6 fully saturated rings. The van der Waals surface area contributed by atoms with E-state index >= 15 is 4.39 Å². The van der Waals surface area contributed by atoms with Crippen molar-refractivity contribution < 1.29 is 42.9 Å². The number of aromatic hydroxyl groups is 1. The summed E-state index contributed by atoms with van der Waals surface area (Å²) < 4.78 is 29.9. The Morgan fingerprint density at radius 2 is 1.70 bits per heavy atom. The summed E-state index contributed by atoms with van der Waals surface area (Å²) >= 11 is 0. The van der Waals surface area contributed by atoms with E-state index in [1.165, 1.54) is 0 Å². The molecule has 0 spiro atoms. The van der Waals surface area contributed by atoms with Crippen LogP contribution >= 0.6 is 0 Å². The van der Waals surface area contributed by atoms with E-state index in [1.807, 2.05) is 30.0 Å². The zero-order valence-electron chi connectivity index (χ0n) is 39.5. The Morgan fingerprint density at radius 1 is 0.901 bits per heavy atom. The molecule has 0 aliphatic carbocycles. The quantitative estimate of drug-likeness (QED) is 0.159. The van der Waals surface area contributed by atoms with Gasteiger partial charge in [-0.05, 0) is 98.5 Å². The maximum absolute atomic E-state index is 17.3. The Bertz CT molecular complexity index is 3040. The molecule has 18 nitrogen and oxygen atoms in total. The third-order valence-electron chi connectivity index (χ3n) is 16.1. The van der Waals surface area contributed by atoms with E-state index in [1.54, 1.807) is 41.4 Å². The maximum Gasteiger partial charge on any atom is 0.409 e. The summed E-state index contributed by atoms with van der Waals surface area (Å²) in [5.74, 6) is -2.23. The van der Waals surface area contributed by atoms with Crippen LogP contribution < -0.4 is 25.2 Å². The second-order valence-corrected chi connectivity index (χ2v) is 20.1. The van der Waals surface area contributed by atoms with Gasteiger partial charge in [0.15, 0.2) is 5.82 Å². The van der Waals surface area contributed by atoms with Crippen LogP contribution in [0.3, 0.4) is 0 Å². The number of nitrogens with one attached hydrogen (secondary N) is 2. The highest BCUT2D eigenvalue weighted by atomic mass is 19.1. The molecule has 2 bridgehead atoms. The van der Waals surface area contributed by atoms with E-state index in [2.05, 4.69) is 20.4 Å². The van der Waals surface area contributed by atoms with Gasteiger partial charge in [-0.2, -0.15) is 9.97 Å². The normalized spacial score (nSPS) is 25.4. The van der Waals surface area contributed by atoms with E-state index in [4.69, 9.17) is 24.4 Å². The SMILES string of the molecule is CCc1cccc2cc(O)cc(-c3ncc4c(N5CC6CCC(C5)N6)nc(OC[C@@]56CCCN5[C@H](COC(=O)N5CCN(c7cccc8c7C(=O)N(C7CCC(=O)NC7=O)C8=O)CC5)CC6)nc4c3F)c12. The predicted molar refractivity (Wildman–Crippen MR) is 259 cm³/mol. The minimum absolute atomic E-state index is 0.0177. The van der Waals surface area contributed by atoms with Gasteiger partial charge in [-0.3, -0.25) is 39.3 Å². The van der Waals surface area contributed by atoms with Gasteiger partial charge in [0.25, 0.3) is 11.8 Å². The molecule has 3 N–H and O–H groups in total. The van der Waals surface area contributed by atoms with Gasteiger partial charge >= 0.3 is 12.1 Å². The van der Waals surface area contributed by atoms with Crippen LogP contribution in [0.1, 0.15) is 84.6 Å². The molecule has 368 valence electrons. The maximum atomic E-state index is 17.3. The number of ether oxygens (including phenoxy) is 2. The molecule has 0 radical (unpaired) electrons. The standard InChI is InChI=1S/C52H55FN10O8/c1-2-29-6-3-7-30-22-34(64)23-36(41(29)30)44-43(53)45-37(24-54-44)46(61-25-31-10-11-32(26-61)55-31)58-50(57-45)71-28-52-15-5-17-62(52)33(14-16-52)27-70-51(69)60-20-18-59(19-21-60)38-9-4-8-35-42(38)49(68)63(48(35)67)39-12-13-40(65)56-47(39)66/h3-4,6-9,22-24,31-33,39,55,64H,2,5,10-21,25-28H2,1H3,(H,56,65,66)/t31?,32?,33-,39?,52-/m0/s1. The minimum atomic E-state index is -1.06. The van der Waals surface area contributed by atoms with Gasteiger partial charge in [0.2, 0.25) is 11.8 Å². The molecule has 3 unspecified atom stereocenters. The summed E-state index contributed by atoms with van der Waals surface area (Å²) in [5, 5.41) is 18.8. The summed E-state index contributed by atoms with van der Waals surface area (Å²) in [6.45, 7) is 6.20. The molecule has 71 heavy (non-hydrogen) atoms. The lowest BCUT2D eigenvalue weighted by atomic mass is 9.95. The van der Waals surface area contributed by atoms with E-state index in [0.29, 0.717) is 80.2 Å². The first-order chi connectivity index (χ1) is 34.5. The molecule has 12 rings (SSSR count). The number of phenols is 1. The van der Waals surface area contributed by atoms with Crippen LogP contribution in [0, 0.1) is 5.82 Å². The Kier molecular flexibility index (Phi) is 11.3. The molecule has 7 aliphatic heterocycles. The van der Waals surface area contributed by atoms with E-state index < -0.39 is 41.6 Å². The second kappa shape index (κ2) is 17.7. The first kappa shape index (κ1) is 45.2. The molecule has 9 heterocycles. The van der Waals surface area contributed by atoms with Crippen LogP contribution in [0.2, 0.25) is 0 Å². The number of nitrogens with zero attached hydrogens (tertiary/aromatic N) is 8. The number of fused-ring (bicyclic) bond motifs is 6. The van der Waals surface area contributed by atoms with Gasteiger partial charge in [-0.1, -0.05) is 31.2 Å². The summed E-state index contributed by atoms with van der Waals surface area (Å²) in [4.78, 5) is 88.9. The number of hydrogen-bond acceptors (Lipinski definition) is 15. The first-order valence-electron chi connectivity index (χ1n) is 25.0. The lowest BCUT2D eigenvalue weighted by Crippen LogP contribution is -2.54. The average molecular weight is 967 g/mol. The van der Waals surface area contributed by atoms with Gasteiger partial charge < -0.3 is 34.6 Å². The van der Waals surface area contributed by atoms with Crippen LogP contribution in [0.25, 0.3) is 32.9 Å². The molecular weight excluding hydrogens is 912 g/mol. The van der Waals surface area contributed by atoms with Crippen molar-refractivity contribution in [3.8, 4) is 23.0 Å². The summed E-state index contributed by atoms with van der Waals surface area (Å²) in [6.07, 6.45) is 7.57. The van der Waals surface area contributed by atoms with Gasteiger partial charge in [0.1, 0.15) is 42.0 Å². The number of benzene rings is 3. The number of amides is 5. The number of piperazine rings is 2. The van der Waals surface area contributed by atoms with Crippen LogP contribution in [0.5, 0.6) is 11.8 Å². The van der Waals surface area contributed by atoms with Crippen molar-refractivity contribution in [1.29, 1.82) is 0 Å². The van der Waals surface area contributed by atoms with Gasteiger partial charge in [-0.15, -0.1) is 0 Å². The number of carbonyl (C=O) groups excluding carboxylic acids is 5. The fraction of sp³-hybridized carbons (Fsp3) is 0.462. The average Bonchev–Trinajstić information content (AvgIpc) is 4.12. The lowest BCUT2D eigenvalue weighted by molar-refractivity contribution is -0.136. The lowest BCUT2D eigenvalue weighted by Gasteiger charge is -2.37. The van der Waals surface area contributed by atoms with Crippen molar-refractivity contribution in [3.63, 3.8) is 0 Å². The minimum Gasteiger partial charge on any atom is -0.508 e. The zero-order chi connectivity index (χ0) is 48.7. The number of piperidine rings is 1. The van der Waals surface area contributed by atoms with Crippen LogP contribution in [0.4, 0.5) is 20.7 Å².